The van der Waals surface area contributed by atoms with E-state index in [0.29, 0.717) is 0 Å². The quantitative estimate of drug-likeness (QED) is 0.738. The Balaban J connectivity index is 0.000000255. The van der Waals surface area contributed by atoms with Crippen molar-refractivity contribution < 1.29 is 19.4 Å². The highest BCUT2D eigenvalue weighted by Gasteiger charge is 1.87. The molecule has 0 saturated heterocycles. The van der Waals surface area contributed by atoms with E-state index in [1.165, 1.54) is 7.11 Å². The standard InChI is InChI=1S/C7H6O.C3H6O3/c8-6-7-4-2-1-3-5-7;1-6-2-3(4)5/h1-6H;2H2,1H3,(H,4,5). The van der Waals surface area contributed by atoms with Crippen LogP contribution in [0.15, 0.2) is 30.3 Å². The van der Waals surface area contributed by atoms with Crippen molar-refractivity contribution in [3.63, 3.8) is 0 Å². The first-order valence-corrected chi connectivity index (χ1v) is 3.91. The van der Waals surface area contributed by atoms with E-state index in [2.05, 4.69) is 4.74 Å². The van der Waals surface area contributed by atoms with Crippen LogP contribution in [0, 0.1) is 0 Å². The van der Waals surface area contributed by atoms with Gasteiger partial charge in [-0.15, -0.1) is 0 Å². The summed E-state index contributed by atoms with van der Waals surface area (Å²) < 4.78 is 4.20. The molecular formula is C10H12O4. The lowest BCUT2D eigenvalue weighted by Crippen LogP contribution is -2.02. The van der Waals surface area contributed by atoms with Crippen molar-refractivity contribution in [3.05, 3.63) is 35.9 Å². The molecule has 0 aliphatic rings. The molecule has 1 aromatic carbocycles. The lowest BCUT2D eigenvalue weighted by atomic mass is 10.2. The molecule has 0 amide bonds. The Kier molecular flexibility index (Phi) is 6.99. The van der Waals surface area contributed by atoms with Gasteiger partial charge in [0.15, 0.2) is 0 Å². The minimum Gasteiger partial charge on any atom is -0.480 e. The van der Waals surface area contributed by atoms with Gasteiger partial charge in [0.05, 0.1) is 0 Å². The molecule has 0 aliphatic heterocycles. The molecule has 0 fully saturated rings. The summed E-state index contributed by atoms with van der Waals surface area (Å²) in [6.45, 7) is -0.208. The lowest BCUT2D eigenvalue weighted by molar-refractivity contribution is -0.141. The Morgan fingerprint density at radius 1 is 1.43 bits per heavy atom. The molecule has 0 aliphatic carbocycles. The minimum absolute atomic E-state index is 0.208. The Labute approximate surface area is 82.1 Å². The van der Waals surface area contributed by atoms with Crippen molar-refractivity contribution in [1.82, 2.24) is 0 Å². The Hall–Kier alpha value is -1.68. The van der Waals surface area contributed by atoms with Gasteiger partial charge in [-0.1, -0.05) is 30.3 Å². The molecule has 0 bridgehead atoms. The van der Waals surface area contributed by atoms with E-state index in [9.17, 15) is 9.59 Å². The van der Waals surface area contributed by atoms with Crippen molar-refractivity contribution in [2.45, 2.75) is 0 Å². The summed E-state index contributed by atoms with van der Waals surface area (Å²) in [5.41, 5.74) is 0.729. The molecule has 14 heavy (non-hydrogen) atoms. The fraction of sp³-hybridized carbons (Fsp3) is 0.200. The number of benzene rings is 1. The molecule has 4 heteroatoms. The van der Waals surface area contributed by atoms with Gasteiger partial charge in [-0.2, -0.15) is 0 Å². The van der Waals surface area contributed by atoms with Crippen molar-refractivity contribution in [1.29, 1.82) is 0 Å². The average Bonchev–Trinajstić information content (AvgIpc) is 2.20. The molecule has 76 valence electrons. The molecule has 0 saturated carbocycles. The highest BCUT2D eigenvalue weighted by Crippen LogP contribution is 1.91. The van der Waals surface area contributed by atoms with Crippen LogP contribution in [0.4, 0.5) is 0 Å². The van der Waals surface area contributed by atoms with Crippen LogP contribution in [0.25, 0.3) is 0 Å². The zero-order valence-electron chi connectivity index (χ0n) is 7.84. The van der Waals surface area contributed by atoms with Gasteiger partial charge in [0.1, 0.15) is 12.9 Å². The van der Waals surface area contributed by atoms with Crippen molar-refractivity contribution >= 4 is 12.3 Å². The monoisotopic (exact) mass is 196 g/mol. The van der Waals surface area contributed by atoms with Crippen LogP contribution in [0.1, 0.15) is 10.4 Å². The second kappa shape index (κ2) is 7.94. The van der Waals surface area contributed by atoms with Gasteiger partial charge < -0.3 is 9.84 Å². The second-order valence-corrected chi connectivity index (χ2v) is 2.36. The van der Waals surface area contributed by atoms with Crippen LogP contribution in [-0.4, -0.2) is 31.1 Å². The number of carboxylic acids is 1. The average molecular weight is 196 g/mol. The molecule has 0 aromatic heterocycles. The number of methoxy groups -OCH3 is 1. The summed E-state index contributed by atoms with van der Waals surface area (Å²) in [7, 11) is 1.34. The summed E-state index contributed by atoms with van der Waals surface area (Å²) in [4.78, 5) is 19.5. The number of carbonyl (C=O) groups excluding carboxylic acids is 1. The molecule has 0 heterocycles. The topological polar surface area (TPSA) is 63.6 Å². The summed E-state index contributed by atoms with van der Waals surface area (Å²) in [6.07, 6.45) is 0.833. The SMILES string of the molecule is COCC(=O)O.O=Cc1ccccc1. The maximum atomic E-state index is 10.0. The van der Waals surface area contributed by atoms with Gasteiger partial charge in [-0.05, 0) is 0 Å². The molecule has 1 aromatic rings. The predicted octanol–water partition coefficient (Wildman–Crippen LogP) is 1.22. The van der Waals surface area contributed by atoms with Crippen LogP contribution in [0.5, 0.6) is 0 Å². The number of carbonyl (C=O) groups is 2. The van der Waals surface area contributed by atoms with Crippen LogP contribution >= 0.6 is 0 Å². The highest BCUT2D eigenvalue weighted by molar-refractivity contribution is 5.74. The van der Waals surface area contributed by atoms with Gasteiger partial charge in [0.25, 0.3) is 0 Å². The smallest absolute Gasteiger partial charge is 0.329 e. The normalized spacial score (nSPS) is 8.36. The summed E-state index contributed by atoms with van der Waals surface area (Å²) in [6, 6.07) is 9.10. The molecule has 4 nitrogen and oxygen atoms in total. The lowest BCUT2D eigenvalue weighted by Gasteiger charge is -1.83. The Morgan fingerprint density at radius 2 is 2.00 bits per heavy atom. The third-order valence-corrected chi connectivity index (χ3v) is 1.20. The molecule has 0 atom stereocenters. The number of hydrogen-bond acceptors (Lipinski definition) is 3. The first-order valence-electron chi connectivity index (χ1n) is 3.91. The van der Waals surface area contributed by atoms with Gasteiger partial charge in [-0.3, -0.25) is 4.79 Å². The molecule has 1 N–H and O–H groups in total. The zero-order valence-corrected chi connectivity index (χ0v) is 7.84. The zero-order chi connectivity index (χ0) is 10.8. The number of aldehydes is 1. The predicted molar refractivity (Wildman–Crippen MR) is 51.3 cm³/mol. The number of carboxylic acid groups (broad SMARTS) is 1. The van der Waals surface area contributed by atoms with Gasteiger partial charge >= 0.3 is 5.97 Å². The fourth-order valence-corrected chi connectivity index (χ4v) is 0.655. The van der Waals surface area contributed by atoms with Crippen molar-refractivity contribution in [2.24, 2.45) is 0 Å². The van der Waals surface area contributed by atoms with E-state index >= 15 is 0 Å². The van der Waals surface area contributed by atoms with Crippen molar-refractivity contribution in [3.8, 4) is 0 Å². The van der Waals surface area contributed by atoms with Crippen LogP contribution in [0.2, 0.25) is 0 Å². The van der Waals surface area contributed by atoms with E-state index in [4.69, 9.17) is 5.11 Å². The molecule has 0 radical (unpaired) electrons. The third-order valence-electron chi connectivity index (χ3n) is 1.20. The number of rotatable bonds is 3. The summed E-state index contributed by atoms with van der Waals surface area (Å²) in [5, 5.41) is 7.79. The maximum Gasteiger partial charge on any atom is 0.329 e. The number of ether oxygens (including phenoxy) is 1. The summed E-state index contributed by atoms with van der Waals surface area (Å²) in [5.74, 6) is -0.933. The second-order valence-electron chi connectivity index (χ2n) is 2.36. The first kappa shape index (κ1) is 12.3. The van der Waals surface area contributed by atoms with Gasteiger partial charge in [0.2, 0.25) is 0 Å². The number of aliphatic carboxylic acids is 1. The van der Waals surface area contributed by atoms with E-state index in [-0.39, 0.29) is 6.61 Å². The van der Waals surface area contributed by atoms with E-state index in [1.54, 1.807) is 12.1 Å². The Bertz CT molecular complexity index is 269. The van der Waals surface area contributed by atoms with Gasteiger partial charge in [0, 0.05) is 12.7 Å². The minimum atomic E-state index is -0.933. The molecule has 0 unspecified atom stereocenters. The van der Waals surface area contributed by atoms with Crippen LogP contribution in [-0.2, 0) is 9.53 Å². The molecule has 0 spiro atoms. The maximum absolute atomic E-state index is 10.0. The van der Waals surface area contributed by atoms with Crippen LogP contribution < -0.4 is 0 Å². The largest absolute Gasteiger partial charge is 0.480 e. The summed E-state index contributed by atoms with van der Waals surface area (Å²) >= 11 is 0. The molecular weight excluding hydrogens is 184 g/mol. The third kappa shape index (κ3) is 7.00. The van der Waals surface area contributed by atoms with E-state index < -0.39 is 5.97 Å². The molecule has 1 rings (SSSR count). The Morgan fingerprint density at radius 3 is 2.21 bits per heavy atom. The van der Waals surface area contributed by atoms with Crippen LogP contribution in [0.3, 0.4) is 0 Å². The van der Waals surface area contributed by atoms with E-state index in [1.807, 2.05) is 18.2 Å². The van der Waals surface area contributed by atoms with Gasteiger partial charge in [-0.25, -0.2) is 4.79 Å². The first-order chi connectivity index (χ1) is 6.70. The highest BCUT2D eigenvalue weighted by atomic mass is 16.5. The number of hydrogen-bond donors (Lipinski definition) is 1. The van der Waals surface area contributed by atoms with Crippen molar-refractivity contribution in [2.75, 3.05) is 13.7 Å². The van der Waals surface area contributed by atoms with E-state index in [0.717, 1.165) is 11.8 Å². The fourth-order valence-electron chi connectivity index (χ4n) is 0.655.